The fraction of sp³-hybridized carbons (Fsp3) is 0.360. The lowest BCUT2D eigenvalue weighted by Gasteiger charge is -2.33. The van der Waals surface area contributed by atoms with Crippen molar-refractivity contribution >= 4 is 17.0 Å². The number of hydrogen-bond donors (Lipinski definition) is 0. The maximum atomic E-state index is 13.8. The Morgan fingerprint density at radius 1 is 1.05 bits per heavy atom. The predicted molar refractivity (Wildman–Crippen MR) is 130 cm³/mol. The van der Waals surface area contributed by atoms with Crippen LogP contribution in [0.4, 0.5) is 19.0 Å². The number of hydrogen-bond acceptors (Lipinski definition) is 8. The summed E-state index contributed by atoms with van der Waals surface area (Å²) in [4.78, 5) is 37.7. The fourth-order valence-corrected chi connectivity index (χ4v) is 4.70. The number of alkyl halides is 3. The van der Waals surface area contributed by atoms with E-state index in [1.807, 2.05) is 6.92 Å². The van der Waals surface area contributed by atoms with Gasteiger partial charge in [0.25, 0.3) is 5.56 Å². The molecule has 5 rings (SSSR count). The van der Waals surface area contributed by atoms with Crippen LogP contribution in [0.1, 0.15) is 41.4 Å². The zero-order chi connectivity index (χ0) is 26.2. The van der Waals surface area contributed by atoms with Crippen LogP contribution >= 0.6 is 0 Å². The quantitative estimate of drug-likeness (QED) is 0.398. The van der Waals surface area contributed by atoms with E-state index >= 15 is 0 Å². The smallest absolute Gasteiger partial charge is 0.404 e. The molecule has 12 heteroatoms. The second kappa shape index (κ2) is 9.75. The largest absolute Gasteiger partial charge is 0.573 e. The van der Waals surface area contributed by atoms with Gasteiger partial charge in [0.05, 0.1) is 17.9 Å². The second-order valence-corrected chi connectivity index (χ2v) is 8.93. The van der Waals surface area contributed by atoms with E-state index in [0.717, 1.165) is 11.5 Å². The number of rotatable bonds is 5. The summed E-state index contributed by atoms with van der Waals surface area (Å²) in [6, 6.07) is 4.27. The van der Waals surface area contributed by atoms with Gasteiger partial charge in [0.2, 0.25) is 0 Å². The van der Waals surface area contributed by atoms with Gasteiger partial charge in [0, 0.05) is 43.4 Å². The van der Waals surface area contributed by atoms with E-state index in [0.29, 0.717) is 42.7 Å². The third-order valence-corrected chi connectivity index (χ3v) is 6.41. The summed E-state index contributed by atoms with van der Waals surface area (Å²) in [6.07, 6.45) is 2.77. The maximum Gasteiger partial charge on any atom is 0.573 e. The molecule has 0 saturated carbocycles. The summed E-state index contributed by atoms with van der Waals surface area (Å²) in [5.41, 5.74) is 2.38. The molecule has 0 unspecified atom stereocenters. The highest BCUT2D eigenvalue weighted by Crippen LogP contribution is 2.31. The molecular formula is C25H24F3N7O2. The number of ether oxygens (including phenoxy) is 1. The summed E-state index contributed by atoms with van der Waals surface area (Å²) >= 11 is 0. The highest BCUT2D eigenvalue weighted by atomic mass is 19.4. The zero-order valence-corrected chi connectivity index (χ0v) is 20.2. The molecule has 4 aromatic heterocycles. The molecule has 5 heterocycles. The van der Waals surface area contributed by atoms with Crippen LogP contribution in [0.15, 0.2) is 47.8 Å². The lowest BCUT2D eigenvalue weighted by Crippen LogP contribution is -2.36. The Labute approximate surface area is 210 Å². The number of nitrogens with zero attached hydrogens (tertiary/aromatic N) is 7. The number of pyridine rings is 2. The average Bonchev–Trinajstić information content (AvgIpc) is 2.86. The van der Waals surface area contributed by atoms with Gasteiger partial charge in [-0.25, -0.2) is 9.97 Å². The Morgan fingerprint density at radius 2 is 1.81 bits per heavy atom. The van der Waals surface area contributed by atoms with Crippen LogP contribution in [-0.2, 0) is 6.54 Å². The Morgan fingerprint density at radius 3 is 2.54 bits per heavy atom. The Hall–Kier alpha value is -4.09. The van der Waals surface area contributed by atoms with Crippen molar-refractivity contribution in [3.05, 3.63) is 76.0 Å². The molecule has 0 bridgehead atoms. The number of halogens is 3. The van der Waals surface area contributed by atoms with Gasteiger partial charge in [-0.05, 0) is 50.8 Å². The highest BCUT2D eigenvalue weighted by Gasteiger charge is 2.33. The third-order valence-electron chi connectivity index (χ3n) is 6.41. The Balaban J connectivity index is 1.51. The van der Waals surface area contributed by atoms with Crippen LogP contribution in [0.3, 0.4) is 0 Å². The van der Waals surface area contributed by atoms with Gasteiger partial charge in [-0.3, -0.25) is 24.3 Å². The Bertz CT molecular complexity index is 1500. The van der Waals surface area contributed by atoms with E-state index in [-0.39, 0.29) is 29.4 Å². The van der Waals surface area contributed by atoms with Crippen molar-refractivity contribution in [1.82, 2.24) is 29.5 Å². The van der Waals surface area contributed by atoms with Crippen LogP contribution < -0.4 is 15.2 Å². The molecule has 1 fully saturated rings. The topological polar surface area (TPSA) is 98.9 Å². The van der Waals surface area contributed by atoms with Crippen LogP contribution in [0, 0.1) is 13.8 Å². The minimum absolute atomic E-state index is 0.0309. The van der Waals surface area contributed by atoms with Gasteiger partial charge >= 0.3 is 6.36 Å². The molecule has 0 N–H and O–H groups in total. The highest BCUT2D eigenvalue weighted by molar-refractivity contribution is 5.71. The van der Waals surface area contributed by atoms with E-state index < -0.39 is 12.1 Å². The van der Waals surface area contributed by atoms with Crippen LogP contribution in [0.5, 0.6) is 5.75 Å². The van der Waals surface area contributed by atoms with Gasteiger partial charge in [0.1, 0.15) is 17.0 Å². The molecule has 192 valence electrons. The van der Waals surface area contributed by atoms with E-state index in [1.165, 1.54) is 22.9 Å². The first-order chi connectivity index (χ1) is 17.7. The van der Waals surface area contributed by atoms with Gasteiger partial charge in [-0.15, -0.1) is 13.2 Å². The molecular weight excluding hydrogens is 487 g/mol. The zero-order valence-electron chi connectivity index (χ0n) is 20.2. The first-order valence-electron chi connectivity index (χ1n) is 11.8. The van der Waals surface area contributed by atoms with Gasteiger partial charge in [-0.2, -0.15) is 0 Å². The third kappa shape index (κ3) is 5.23. The normalized spacial score (nSPS) is 14.8. The summed E-state index contributed by atoms with van der Waals surface area (Å²) in [5, 5.41) is 0. The molecule has 0 radical (unpaired) electrons. The molecule has 0 amide bonds. The number of aromatic nitrogens is 6. The van der Waals surface area contributed by atoms with Crippen molar-refractivity contribution in [1.29, 1.82) is 0 Å². The molecule has 37 heavy (non-hydrogen) atoms. The molecule has 0 aliphatic carbocycles. The van der Waals surface area contributed by atoms with E-state index in [2.05, 4.69) is 34.6 Å². The first-order valence-corrected chi connectivity index (χ1v) is 11.8. The monoisotopic (exact) mass is 511 g/mol. The molecule has 0 aromatic carbocycles. The number of piperidine rings is 1. The van der Waals surface area contributed by atoms with Crippen molar-refractivity contribution < 1.29 is 17.9 Å². The molecule has 4 aromatic rings. The van der Waals surface area contributed by atoms with Gasteiger partial charge in [0.15, 0.2) is 11.4 Å². The minimum atomic E-state index is -4.89. The number of anilines is 1. The molecule has 1 saturated heterocycles. The standard InChI is InChI=1S/C25H24F3N7O2/c1-15-13-32-19-12-18(17-5-10-34(11-6-17)22-16(2)29-8-9-31-22)24(36)35(23(19)33-15)14-20-21(4-3-7-30-20)37-25(26,27)28/h3-4,7-9,12-13,17H,5-6,10-11,14H2,1-2H3. The molecule has 1 aliphatic rings. The second-order valence-electron chi connectivity index (χ2n) is 8.93. The molecule has 0 spiro atoms. The number of aryl methyl sites for hydroxylation is 2. The van der Waals surface area contributed by atoms with Crippen molar-refractivity contribution in [2.45, 2.75) is 45.5 Å². The minimum Gasteiger partial charge on any atom is -0.404 e. The lowest BCUT2D eigenvalue weighted by molar-refractivity contribution is -0.275. The fourth-order valence-electron chi connectivity index (χ4n) is 4.70. The lowest BCUT2D eigenvalue weighted by atomic mass is 9.90. The Kier molecular flexibility index (Phi) is 6.48. The van der Waals surface area contributed by atoms with Crippen LogP contribution in [-0.4, -0.2) is 48.9 Å². The van der Waals surface area contributed by atoms with E-state index in [9.17, 15) is 18.0 Å². The van der Waals surface area contributed by atoms with Crippen molar-refractivity contribution in [2.75, 3.05) is 18.0 Å². The number of fused-ring (bicyclic) bond motifs is 1. The van der Waals surface area contributed by atoms with E-state index in [4.69, 9.17) is 0 Å². The summed E-state index contributed by atoms with van der Waals surface area (Å²) in [5.74, 6) is 0.299. The van der Waals surface area contributed by atoms with Crippen molar-refractivity contribution in [3.63, 3.8) is 0 Å². The SMILES string of the molecule is Cc1cnc2cc(C3CCN(c4nccnc4C)CC3)c(=O)n(Cc3ncccc3OC(F)(F)F)c2n1. The maximum absolute atomic E-state index is 13.8. The molecule has 9 nitrogen and oxygen atoms in total. The predicted octanol–water partition coefficient (Wildman–Crippen LogP) is 3.92. The summed E-state index contributed by atoms with van der Waals surface area (Å²) in [7, 11) is 0. The van der Waals surface area contributed by atoms with E-state index in [1.54, 1.807) is 31.6 Å². The van der Waals surface area contributed by atoms with Gasteiger partial charge in [-0.1, -0.05) is 0 Å². The van der Waals surface area contributed by atoms with Crippen LogP contribution in [0.2, 0.25) is 0 Å². The average molecular weight is 512 g/mol. The van der Waals surface area contributed by atoms with Gasteiger partial charge < -0.3 is 9.64 Å². The van der Waals surface area contributed by atoms with Crippen molar-refractivity contribution in [3.8, 4) is 5.75 Å². The summed E-state index contributed by atoms with van der Waals surface area (Å²) in [6.45, 7) is 4.77. The van der Waals surface area contributed by atoms with Crippen LogP contribution in [0.25, 0.3) is 11.2 Å². The first kappa shape index (κ1) is 24.6. The molecule has 0 atom stereocenters. The summed E-state index contributed by atoms with van der Waals surface area (Å²) < 4.78 is 44.4. The van der Waals surface area contributed by atoms with Crippen molar-refractivity contribution in [2.24, 2.45) is 0 Å². The molecule has 1 aliphatic heterocycles.